The predicted molar refractivity (Wildman–Crippen MR) is 71.9 cm³/mol. The SMILES string of the molecule is CCCN1C(=O)CC(C(=O)O)C1c1ccc(C(F)F)cc1. The Morgan fingerprint density at radius 2 is 2.00 bits per heavy atom. The number of amides is 1. The standard InChI is InChI=1S/C15H17F2NO3/c1-2-7-18-12(19)8-11(15(20)21)13(18)9-3-5-10(6-4-9)14(16)17/h3-6,11,13-14H,2,7-8H2,1H3,(H,20,21). The summed E-state index contributed by atoms with van der Waals surface area (Å²) in [6, 6.07) is 4.96. The van der Waals surface area contributed by atoms with Crippen molar-refractivity contribution < 1.29 is 23.5 Å². The minimum Gasteiger partial charge on any atom is -0.481 e. The zero-order valence-corrected chi connectivity index (χ0v) is 11.6. The predicted octanol–water partition coefficient (Wildman–Crippen LogP) is 3.01. The molecule has 0 saturated carbocycles. The van der Waals surface area contributed by atoms with Crippen LogP contribution >= 0.6 is 0 Å². The Bertz CT molecular complexity index is 530. The monoisotopic (exact) mass is 297 g/mol. The molecule has 6 heteroatoms. The average Bonchev–Trinajstić information content (AvgIpc) is 2.77. The number of carboxylic acid groups (broad SMARTS) is 1. The van der Waals surface area contributed by atoms with Gasteiger partial charge in [-0.05, 0) is 12.0 Å². The van der Waals surface area contributed by atoms with Crippen LogP contribution in [0.2, 0.25) is 0 Å². The molecule has 0 spiro atoms. The Hall–Kier alpha value is -1.98. The minimum atomic E-state index is -2.56. The van der Waals surface area contributed by atoms with Crippen LogP contribution in [0, 0.1) is 5.92 Å². The van der Waals surface area contributed by atoms with Crippen LogP contribution in [0.3, 0.4) is 0 Å². The molecular formula is C15H17F2NO3. The van der Waals surface area contributed by atoms with E-state index < -0.39 is 24.4 Å². The number of benzene rings is 1. The summed E-state index contributed by atoms with van der Waals surface area (Å²) in [5, 5.41) is 9.29. The normalized spacial score (nSPS) is 22.1. The molecule has 1 N–H and O–H groups in total. The van der Waals surface area contributed by atoms with Gasteiger partial charge < -0.3 is 10.0 Å². The lowest BCUT2D eigenvalue weighted by Gasteiger charge is -2.27. The molecule has 2 unspecified atom stereocenters. The molecule has 1 aliphatic heterocycles. The Morgan fingerprint density at radius 3 is 2.48 bits per heavy atom. The Kier molecular flexibility index (Phi) is 4.55. The highest BCUT2D eigenvalue weighted by atomic mass is 19.3. The summed E-state index contributed by atoms with van der Waals surface area (Å²) in [6.45, 7) is 2.36. The highest BCUT2D eigenvalue weighted by molar-refractivity contribution is 5.87. The van der Waals surface area contributed by atoms with E-state index in [-0.39, 0.29) is 17.9 Å². The van der Waals surface area contributed by atoms with Crippen molar-refractivity contribution in [2.75, 3.05) is 6.54 Å². The number of aliphatic carboxylic acids is 1. The summed E-state index contributed by atoms with van der Waals surface area (Å²) in [5.74, 6) is -2.07. The van der Waals surface area contributed by atoms with Crippen LogP contribution in [-0.2, 0) is 9.59 Å². The fourth-order valence-corrected chi connectivity index (χ4v) is 2.77. The number of likely N-dealkylation sites (tertiary alicyclic amines) is 1. The second-order valence-corrected chi connectivity index (χ2v) is 5.15. The first-order chi connectivity index (χ1) is 9.95. The van der Waals surface area contributed by atoms with Gasteiger partial charge in [0.05, 0.1) is 12.0 Å². The molecule has 21 heavy (non-hydrogen) atoms. The van der Waals surface area contributed by atoms with Gasteiger partial charge in [0.1, 0.15) is 0 Å². The molecule has 1 saturated heterocycles. The molecule has 1 fully saturated rings. The van der Waals surface area contributed by atoms with Crippen LogP contribution in [0.5, 0.6) is 0 Å². The summed E-state index contributed by atoms with van der Waals surface area (Å²) in [7, 11) is 0. The maximum absolute atomic E-state index is 12.6. The number of carbonyl (C=O) groups excluding carboxylic acids is 1. The van der Waals surface area contributed by atoms with Crippen LogP contribution in [0.15, 0.2) is 24.3 Å². The van der Waals surface area contributed by atoms with Crippen LogP contribution in [0.4, 0.5) is 8.78 Å². The highest BCUT2D eigenvalue weighted by Crippen LogP contribution is 2.38. The van der Waals surface area contributed by atoms with E-state index in [1.54, 1.807) is 0 Å². The first kappa shape index (κ1) is 15.4. The highest BCUT2D eigenvalue weighted by Gasteiger charge is 2.44. The van der Waals surface area contributed by atoms with Gasteiger partial charge in [0.15, 0.2) is 0 Å². The van der Waals surface area contributed by atoms with Gasteiger partial charge in [0.25, 0.3) is 6.43 Å². The Labute approximate surface area is 121 Å². The zero-order valence-electron chi connectivity index (χ0n) is 11.6. The summed E-state index contributed by atoms with van der Waals surface area (Å²) in [5.41, 5.74) is 0.475. The van der Waals surface area contributed by atoms with E-state index in [4.69, 9.17) is 0 Å². The van der Waals surface area contributed by atoms with Crippen LogP contribution in [0.25, 0.3) is 0 Å². The molecule has 0 aromatic heterocycles. The van der Waals surface area contributed by atoms with E-state index in [2.05, 4.69) is 0 Å². The summed E-state index contributed by atoms with van der Waals surface area (Å²) >= 11 is 0. The molecule has 2 atom stereocenters. The van der Waals surface area contributed by atoms with Crippen molar-refractivity contribution in [2.24, 2.45) is 5.92 Å². The molecule has 0 bridgehead atoms. The molecule has 114 valence electrons. The minimum absolute atomic E-state index is 0.0450. The number of nitrogens with zero attached hydrogens (tertiary/aromatic N) is 1. The maximum atomic E-state index is 12.6. The van der Waals surface area contributed by atoms with Gasteiger partial charge in [-0.3, -0.25) is 9.59 Å². The maximum Gasteiger partial charge on any atom is 0.309 e. The quantitative estimate of drug-likeness (QED) is 0.909. The fourth-order valence-electron chi connectivity index (χ4n) is 2.77. The van der Waals surface area contributed by atoms with Gasteiger partial charge in [-0.1, -0.05) is 31.2 Å². The summed E-state index contributed by atoms with van der Waals surface area (Å²) in [6.07, 6.45) is -1.90. The third-order valence-electron chi connectivity index (χ3n) is 3.74. The van der Waals surface area contributed by atoms with Crippen LogP contribution in [0.1, 0.15) is 43.4 Å². The van der Waals surface area contributed by atoms with Crippen molar-refractivity contribution in [3.8, 4) is 0 Å². The van der Waals surface area contributed by atoms with Crippen molar-refractivity contribution in [1.82, 2.24) is 4.90 Å². The van der Waals surface area contributed by atoms with E-state index >= 15 is 0 Å². The number of carbonyl (C=O) groups is 2. The molecule has 1 aromatic carbocycles. The lowest BCUT2D eigenvalue weighted by molar-refractivity contribution is -0.142. The van der Waals surface area contributed by atoms with Gasteiger partial charge >= 0.3 is 5.97 Å². The van der Waals surface area contributed by atoms with Gasteiger partial charge in [0, 0.05) is 18.5 Å². The Morgan fingerprint density at radius 1 is 1.38 bits per heavy atom. The van der Waals surface area contributed by atoms with Gasteiger partial charge in [0.2, 0.25) is 5.91 Å². The first-order valence-electron chi connectivity index (χ1n) is 6.86. The van der Waals surface area contributed by atoms with E-state index in [1.807, 2.05) is 6.92 Å². The third kappa shape index (κ3) is 3.04. The molecule has 0 radical (unpaired) electrons. The van der Waals surface area contributed by atoms with Gasteiger partial charge in [-0.2, -0.15) is 0 Å². The van der Waals surface area contributed by atoms with Crippen LogP contribution < -0.4 is 0 Å². The fraction of sp³-hybridized carbons (Fsp3) is 0.467. The van der Waals surface area contributed by atoms with Crippen molar-refractivity contribution >= 4 is 11.9 Å². The van der Waals surface area contributed by atoms with Gasteiger partial charge in [-0.15, -0.1) is 0 Å². The third-order valence-corrected chi connectivity index (χ3v) is 3.74. The van der Waals surface area contributed by atoms with E-state index in [0.29, 0.717) is 18.5 Å². The number of alkyl halides is 2. The first-order valence-corrected chi connectivity index (χ1v) is 6.86. The number of rotatable bonds is 5. The summed E-state index contributed by atoms with van der Waals surface area (Å²) in [4.78, 5) is 24.9. The second-order valence-electron chi connectivity index (χ2n) is 5.15. The molecule has 2 rings (SSSR count). The Balaban J connectivity index is 2.35. The molecule has 0 aliphatic carbocycles. The van der Waals surface area contributed by atoms with Gasteiger partial charge in [-0.25, -0.2) is 8.78 Å². The molecule has 1 aromatic rings. The molecule has 4 nitrogen and oxygen atoms in total. The van der Waals surface area contributed by atoms with Crippen molar-refractivity contribution in [3.63, 3.8) is 0 Å². The smallest absolute Gasteiger partial charge is 0.309 e. The lowest BCUT2D eigenvalue weighted by Crippen LogP contribution is -2.31. The second kappa shape index (κ2) is 6.20. The molecular weight excluding hydrogens is 280 g/mol. The van der Waals surface area contributed by atoms with E-state index in [0.717, 1.165) is 0 Å². The number of hydrogen-bond acceptors (Lipinski definition) is 2. The number of carboxylic acids is 1. The van der Waals surface area contributed by atoms with Crippen molar-refractivity contribution in [3.05, 3.63) is 35.4 Å². The van der Waals surface area contributed by atoms with E-state index in [9.17, 15) is 23.5 Å². The van der Waals surface area contributed by atoms with Crippen molar-refractivity contribution in [1.29, 1.82) is 0 Å². The van der Waals surface area contributed by atoms with Crippen molar-refractivity contribution in [2.45, 2.75) is 32.2 Å². The summed E-state index contributed by atoms with van der Waals surface area (Å²) < 4.78 is 25.2. The largest absolute Gasteiger partial charge is 0.481 e. The number of hydrogen-bond donors (Lipinski definition) is 1. The lowest BCUT2D eigenvalue weighted by atomic mass is 9.93. The van der Waals surface area contributed by atoms with Crippen LogP contribution in [-0.4, -0.2) is 28.4 Å². The number of halogens is 2. The molecule has 1 heterocycles. The topological polar surface area (TPSA) is 57.6 Å². The molecule has 1 amide bonds. The van der Waals surface area contributed by atoms with E-state index in [1.165, 1.54) is 29.2 Å². The zero-order chi connectivity index (χ0) is 15.6. The molecule has 1 aliphatic rings. The average molecular weight is 297 g/mol.